The van der Waals surface area contributed by atoms with Gasteiger partial charge in [0.2, 0.25) is 5.91 Å². The van der Waals surface area contributed by atoms with E-state index in [4.69, 9.17) is 10.3 Å². The zero-order valence-corrected chi connectivity index (χ0v) is 13.2. The highest BCUT2D eigenvalue weighted by Gasteiger charge is 2.37. The van der Waals surface area contributed by atoms with Gasteiger partial charge < -0.3 is 15.6 Å². The van der Waals surface area contributed by atoms with Crippen LogP contribution in [0.15, 0.2) is 4.52 Å². The molecule has 114 valence electrons. The van der Waals surface area contributed by atoms with Crippen LogP contribution in [0.4, 0.5) is 0 Å². The van der Waals surface area contributed by atoms with E-state index in [1.165, 1.54) is 0 Å². The lowest BCUT2D eigenvalue weighted by molar-refractivity contribution is -0.126. The Balaban J connectivity index is 0.00000200. The van der Waals surface area contributed by atoms with Crippen molar-refractivity contribution >= 4 is 18.3 Å². The number of halogens is 1. The number of aryl methyl sites for hydroxylation is 2. The normalized spacial score (nSPS) is 18.4. The van der Waals surface area contributed by atoms with Crippen LogP contribution in [0.5, 0.6) is 0 Å². The van der Waals surface area contributed by atoms with Crippen LogP contribution in [0.2, 0.25) is 0 Å². The van der Waals surface area contributed by atoms with Crippen molar-refractivity contribution < 1.29 is 9.32 Å². The summed E-state index contributed by atoms with van der Waals surface area (Å²) in [4.78, 5) is 12.2. The van der Waals surface area contributed by atoms with Crippen molar-refractivity contribution in [1.82, 2.24) is 10.5 Å². The molecule has 0 radical (unpaired) electrons. The van der Waals surface area contributed by atoms with Gasteiger partial charge in [0.1, 0.15) is 5.76 Å². The van der Waals surface area contributed by atoms with Crippen LogP contribution in [-0.4, -0.2) is 22.6 Å². The second-order valence-corrected chi connectivity index (χ2v) is 5.74. The molecule has 1 saturated carbocycles. The van der Waals surface area contributed by atoms with Crippen LogP contribution in [0.25, 0.3) is 0 Å². The fraction of sp³-hybridized carbons (Fsp3) is 0.714. The molecule has 1 atom stereocenters. The molecule has 0 spiro atoms. The summed E-state index contributed by atoms with van der Waals surface area (Å²) >= 11 is 0. The minimum Gasteiger partial charge on any atom is -0.361 e. The van der Waals surface area contributed by atoms with E-state index in [2.05, 4.69) is 10.5 Å². The van der Waals surface area contributed by atoms with Crippen molar-refractivity contribution in [3.8, 4) is 0 Å². The van der Waals surface area contributed by atoms with Gasteiger partial charge in [0.25, 0.3) is 0 Å². The highest BCUT2D eigenvalue weighted by atomic mass is 35.5. The minimum atomic E-state index is -0.660. The number of rotatable bonds is 4. The number of aromatic nitrogens is 1. The van der Waals surface area contributed by atoms with E-state index < -0.39 is 5.54 Å². The predicted octanol–water partition coefficient (Wildman–Crippen LogP) is 2.03. The van der Waals surface area contributed by atoms with E-state index in [1.807, 2.05) is 20.8 Å². The van der Waals surface area contributed by atoms with Gasteiger partial charge in [0.15, 0.2) is 0 Å². The largest absolute Gasteiger partial charge is 0.361 e. The first-order valence-electron chi connectivity index (χ1n) is 6.94. The number of carbonyl (C=O) groups excluding carboxylic acids is 1. The lowest BCUT2D eigenvalue weighted by atomic mass is 9.97. The molecule has 3 N–H and O–H groups in total. The van der Waals surface area contributed by atoms with Gasteiger partial charge in [-0.2, -0.15) is 0 Å². The average molecular weight is 302 g/mol. The van der Waals surface area contributed by atoms with Gasteiger partial charge in [-0.05, 0) is 40.0 Å². The summed E-state index contributed by atoms with van der Waals surface area (Å²) in [7, 11) is 0. The molecule has 20 heavy (non-hydrogen) atoms. The van der Waals surface area contributed by atoms with Crippen LogP contribution in [-0.2, 0) is 11.2 Å². The zero-order valence-electron chi connectivity index (χ0n) is 12.4. The smallest absolute Gasteiger partial charge is 0.240 e. The zero-order chi connectivity index (χ0) is 14.0. The van der Waals surface area contributed by atoms with Crippen molar-refractivity contribution in [3.05, 3.63) is 17.0 Å². The summed E-state index contributed by atoms with van der Waals surface area (Å²) in [6.45, 7) is 5.80. The molecule has 0 bridgehead atoms. The second-order valence-electron chi connectivity index (χ2n) is 5.74. The van der Waals surface area contributed by atoms with Gasteiger partial charge in [-0.25, -0.2) is 0 Å². The van der Waals surface area contributed by atoms with Crippen molar-refractivity contribution in [1.29, 1.82) is 0 Å². The number of amides is 1. The molecule has 1 aliphatic carbocycles. The Bertz CT molecular complexity index is 447. The van der Waals surface area contributed by atoms with Crippen LogP contribution in [0.1, 0.15) is 49.6 Å². The molecule has 6 heteroatoms. The van der Waals surface area contributed by atoms with Crippen LogP contribution in [0, 0.1) is 13.8 Å². The standard InChI is InChI=1S/C14H23N3O2.ClH/c1-9(8-12-10(2)17-19-11(12)3)16-13(18)14(15)6-4-5-7-14;/h9H,4-8,15H2,1-3H3,(H,16,18);1H. The number of nitrogens with two attached hydrogens (primary N) is 1. The Kier molecular flexibility index (Phi) is 5.59. The van der Waals surface area contributed by atoms with E-state index in [0.717, 1.165) is 49.1 Å². The molecule has 0 aromatic carbocycles. The topological polar surface area (TPSA) is 81.2 Å². The number of nitrogens with zero attached hydrogens (tertiary/aromatic N) is 1. The number of carbonyl (C=O) groups is 1. The lowest BCUT2D eigenvalue weighted by Crippen LogP contribution is -2.54. The summed E-state index contributed by atoms with van der Waals surface area (Å²) in [5, 5.41) is 6.95. The lowest BCUT2D eigenvalue weighted by Gasteiger charge is -2.25. The van der Waals surface area contributed by atoms with Crippen molar-refractivity contribution in [2.24, 2.45) is 5.73 Å². The summed E-state index contributed by atoms with van der Waals surface area (Å²) in [5.41, 5.74) is 7.45. The highest BCUT2D eigenvalue weighted by molar-refractivity contribution is 5.86. The van der Waals surface area contributed by atoms with Gasteiger partial charge >= 0.3 is 0 Å². The van der Waals surface area contributed by atoms with E-state index in [0.29, 0.717) is 0 Å². The molecule has 2 rings (SSSR count). The Morgan fingerprint density at radius 2 is 2.05 bits per heavy atom. The fourth-order valence-electron chi connectivity index (χ4n) is 2.75. The number of nitrogens with one attached hydrogen (secondary N) is 1. The van der Waals surface area contributed by atoms with Crippen LogP contribution in [0.3, 0.4) is 0 Å². The van der Waals surface area contributed by atoms with Gasteiger partial charge in [0, 0.05) is 11.6 Å². The molecule has 1 aliphatic rings. The summed E-state index contributed by atoms with van der Waals surface area (Å²) in [6, 6.07) is 0.0327. The molecular formula is C14H24ClN3O2. The molecule has 1 heterocycles. The van der Waals surface area contributed by atoms with Crippen molar-refractivity contribution in [2.75, 3.05) is 0 Å². The first-order chi connectivity index (χ1) is 8.92. The molecule has 0 saturated heterocycles. The van der Waals surface area contributed by atoms with E-state index in [1.54, 1.807) is 0 Å². The van der Waals surface area contributed by atoms with Gasteiger partial charge in [-0.15, -0.1) is 12.4 Å². The first kappa shape index (κ1) is 17.0. The molecule has 1 unspecified atom stereocenters. The Hall–Kier alpha value is -1.07. The van der Waals surface area contributed by atoms with E-state index in [-0.39, 0.29) is 24.4 Å². The SMILES string of the molecule is Cc1noc(C)c1CC(C)NC(=O)C1(N)CCCC1.Cl. The summed E-state index contributed by atoms with van der Waals surface area (Å²) in [5.74, 6) is 0.797. The molecule has 5 nitrogen and oxygen atoms in total. The third-order valence-corrected chi connectivity index (χ3v) is 4.02. The Morgan fingerprint density at radius 1 is 1.45 bits per heavy atom. The Labute approximate surface area is 126 Å². The maximum atomic E-state index is 12.2. The van der Waals surface area contributed by atoms with Crippen LogP contribution >= 0.6 is 12.4 Å². The third-order valence-electron chi connectivity index (χ3n) is 4.02. The van der Waals surface area contributed by atoms with Crippen LogP contribution < -0.4 is 11.1 Å². The molecule has 1 aromatic rings. The monoisotopic (exact) mass is 301 g/mol. The molecule has 1 fully saturated rings. The van der Waals surface area contributed by atoms with E-state index in [9.17, 15) is 4.79 Å². The molecular weight excluding hydrogens is 278 g/mol. The quantitative estimate of drug-likeness (QED) is 0.891. The number of hydrogen-bond donors (Lipinski definition) is 2. The van der Waals surface area contributed by atoms with Crippen molar-refractivity contribution in [3.63, 3.8) is 0 Å². The minimum absolute atomic E-state index is 0. The van der Waals surface area contributed by atoms with Gasteiger partial charge in [-0.1, -0.05) is 18.0 Å². The first-order valence-corrected chi connectivity index (χ1v) is 6.94. The molecule has 1 amide bonds. The predicted molar refractivity (Wildman–Crippen MR) is 79.9 cm³/mol. The molecule has 1 aromatic heterocycles. The maximum absolute atomic E-state index is 12.2. The molecule has 0 aliphatic heterocycles. The maximum Gasteiger partial charge on any atom is 0.240 e. The second kappa shape index (κ2) is 6.59. The fourth-order valence-corrected chi connectivity index (χ4v) is 2.75. The van der Waals surface area contributed by atoms with Crippen molar-refractivity contribution in [2.45, 2.75) is 64.5 Å². The summed E-state index contributed by atoms with van der Waals surface area (Å²) in [6.07, 6.45) is 4.39. The van der Waals surface area contributed by atoms with E-state index >= 15 is 0 Å². The Morgan fingerprint density at radius 3 is 2.55 bits per heavy atom. The third kappa shape index (κ3) is 3.52. The number of hydrogen-bond acceptors (Lipinski definition) is 4. The highest BCUT2D eigenvalue weighted by Crippen LogP contribution is 2.27. The average Bonchev–Trinajstić information content (AvgIpc) is 2.91. The van der Waals surface area contributed by atoms with Gasteiger partial charge in [0.05, 0.1) is 11.2 Å². The van der Waals surface area contributed by atoms with Gasteiger partial charge in [-0.3, -0.25) is 4.79 Å². The summed E-state index contributed by atoms with van der Waals surface area (Å²) < 4.78 is 5.13.